The highest BCUT2D eigenvalue weighted by molar-refractivity contribution is 6.21. The zero-order valence-electron chi connectivity index (χ0n) is 8.92. The summed E-state index contributed by atoms with van der Waals surface area (Å²) in [7, 11) is 0. The SMILES string of the molecule is CCC(Cl)C(C)Nc1ccncc1C. The fourth-order valence-corrected chi connectivity index (χ4v) is 1.39. The molecule has 78 valence electrons. The summed E-state index contributed by atoms with van der Waals surface area (Å²) in [6.45, 7) is 6.23. The van der Waals surface area contributed by atoms with Crippen LogP contribution in [0.2, 0.25) is 0 Å². The quantitative estimate of drug-likeness (QED) is 0.776. The lowest BCUT2D eigenvalue weighted by atomic mass is 10.1. The monoisotopic (exact) mass is 212 g/mol. The van der Waals surface area contributed by atoms with Crippen molar-refractivity contribution in [1.29, 1.82) is 0 Å². The molecule has 0 aliphatic carbocycles. The van der Waals surface area contributed by atoms with E-state index in [-0.39, 0.29) is 11.4 Å². The van der Waals surface area contributed by atoms with Crippen molar-refractivity contribution in [1.82, 2.24) is 4.98 Å². The maximum atomic E-state index is 6.14. The van der Waals surface area contributed by atoms with E-state index in [0.717, 1.165) is 17.7 Å². The Morgan fingerprint density at radius 2 is 2.29 bits per heavy atom. The summed E-state index contributed by atoms with van der Waals surface area (Å²) in [4.78, 5) is 4.04. The standard InChI is InChI=1S/C11H17ClN2/c1-4-10(12)9(3)14-11-5-6-13-7-8(11)2/h5-7,9-10H,4H2,1-3H3,(H,13,14). The molecular weight excluding hydrogens is 196 g/mol. The number of nitrogens with one attached hydrogen (secondary N) is 1. The summed E-state index contributed by atoms with van der Waals surface area (Å²) >= 11 is 6.14. The Kier molecular flexibility index (Phi) is 4.21. The fourth-order valence-electron chi connectivity index (χ4n) is 1.32. The van der Waals surface area contributed by atoms with E-state index in [0.29, 0.717) is 0 Å². The number of hydrogen-bond donors (Lipinski definition) is 1. The lowest BCUT2D eigenvalue weighted by Gasteiger charge is -2.20. The van der Waals surface area contributed by atoms with Gasteiger partial charge in [0.15, 0.2) is 0 Å². The normalized spacial score (nSPS) is 14.9. The van der Waals surface area contributed by atoms with E-state index in [2.05, 4.69) is 24.1 Å². The van der Waals surface area contributed by atoms with Gasteiger partial charge in [0.05, 0.1) is 5.38 Å². The van der Waals surface area contributed by atoms with Crippen LogP contribution in [0, 0.1) is 6.92 Å². The minimum absolute atomic E-state index is 0.169. The molecule has 2 nitrogen and oxygen atoms in total. The summed E-state index contributed by atoms with van der Waals surface area (Å²) in [6.07, 6.45) is 4.61. The number of halogens is 1. The predicted molar refractivity (Wildman–Crippen MR) is 62.0 cm³/mol. The van der Waals surface area contributed by atoms with Crippen LogP contribution in [-0.4, -0.2) is 16.4 Å². The van der Waals surface area contributed by atoms with Gasteiger partial charge >= 0.3 is 0 Å². The van der Waals surface area contributed by atoms with Gasteiger partial charge in [-0.25, -0.2) is 0 Å². The van der Waals surface area contributed by atoms with Crippen LogP contribution in [0.5, 0.6) is 0 Å². The van der Waals surface area contributed by atoms with E-state index in [9.17, 15) is 0 Å². The number of anilines is 1. The molecule has 3 heteroatoms. The summed E-state index contributed by atoms with van der Waals surface area (Å²) in [5, 5.41) is 3.56. The van der Waals surface area contributed by atoms with E-state index in [1.54, 1.807) is 6.20 Å². The topological polar surface area (TPSA) is 24.9 Å². The molecule has 0 spiro atoms. The van der Waals surface area contributed by atoms with Crippen molar-refractivity contribution in [2.45, 2.75) is 38.6 Å². The highest BCUT2D eigenvalue weighted by atomic mass is 35.5. The molecule has 1 N–H and O–H groups in total. The summed E-state index contributed by atoms with van der Waals surface area (Å²) in [5.74, 6) is 0. The van der Waals surface area contributed by atoms with Gasteiger partial charge in [-0.15, -0.1) is 11.6 Å². The molecule has 1 heterocycles. The molecule has 2 unspecified atom stereocenters. The van der Waals surface area contributed by atoms with Crippen LogP contribution in [0.15, 0.2) is 18.5 Å². The minimum atomic E-state index is 0.169. The molecule has 1 aromatic heterocycles. The van der Waals surface area contributed by atoms with Crippen molar-refractivity contribution in [3.8, 4) is 0 Å². The van der Waals surface area contributed by atoms with Crippen LogP contribution >= 0.6 is 11.6 Å². The zero-order chi connectivity index (χ0) is 10.6. The average Bonchev–Trinajstić information content (AvgIpc) is 2.20. The summed E-state index contributed by atoms with van der Waals surface area (Å²) in [6, 6.07) is 2.26. The molecule has 0 aliphatic rings. The van der Waals surface area contributed by atoms with Gasteiger partial charge in [-0.1, -0.05) is 6.92 Å². The summed E-state index contributed by atoms with van der Waals surface area (Å²) in [5.41, 5.74) is 2.27. The molecule has 0 aromatic carbocycles. The Balaban J connectivity index is 2.64. The highest BCUT2D eigenvalue weighted by Crippen LogP contribution is 2.16. The van der Waals surface area contributed by atoms with Gasteiger partial charge in [0.1, 0.15) is 0 Å². The fraction of sp³-hybridized carbons (Fsp3) is 0.545. The third-order valence-corrected chi connectivity index (χ3v) is 3.02. The van der Waals surface area contributed by atoms with Crippen LogP contribution in [0.1, 0.15) is 25.8 Å². The number of aromatic nitrogens is 1. The van der Waals surface area contributed by atoms with Crippen molar-refractivity contribution in [3.05, 3.63) is 24.0 Å². The van der Waals surface area contributed by atoms with E-state index < -0.39 is 0 Å². The van der Waals surface area contributed by atoms with Crippen LogP contribution in [0.3, 0.4) is 0 Å². The molecule has 1 rings (SSSR count). The van der Waals surface area contributed by atoms with Crippen molar-refractivity contribution in [2.24, 2.45) is 0 Å². The second-order valence-electron chi connectivity index (χ2n) is 3.55. The molecule has 2 atom stereocenters. The molecule has 1 aromatic rings. The number of pyridine rings is 1. The highest BCUT2D eigenvalue weighted by Gasteiger charge is 2.12. The van der Waals surface area contributed by atoms with Gasteiger partial charge in [-0.05, 0) is 31.9 Å². The molecule has 0 amide bonds. The van der Waals surface area contributed by atoms with Gasteiger partial charge in [-0.3, -0.25) is 4.98 Å². The van der Waals surface area contributed by atoms with Crippen molar-refractivity contribution in [2.75, 3.05) is 5.32 Å². The Bertz CT molecular complexity index is 288. The summed E-state index contributed by atoms with van der Waals surface area (Å²) < 4.78 is 0. The third kappa shape index (κ3) is 2.88. The predicted octanol–water partition coefficient (Wildman–Crippen LogP) is 3.21. The second-order valence-corrected chi connectivity index (χ2v) is 4.11. The number of hydrogen-bond acceptors (Lipinski definition) is 2. The molecule has 0 fully saturated rings. The molecule has 0 saturated heterocycles. The van der Waals surface area contributed by atoms with Gasteiger partial charge in [0, 0.05) is 24.1 Å². The lowest BCUT2D eigenvalue weighted by Crippen LogP contribution is -2.26. The van der Waals surface area contributed by atoms with Crippen molar-refractivity contribution >= 4 is 17.3 Å². The lowest BCUT2D eigenvalue weighted by molar-refractivity contribution is 0.699. The maximum absolute atomic E-state index is 6.14. The van der Waals surface area contributed by atoms with E-state index in [1.165, 1.54) is 0 Å². The Morgan fingerprint density at radius 1 is 1.57 bits per heavy atom. The van der Waals surface area contributed by atoms with E-state index >= 15 is 0 Å². The Hall–Kier alpha value is -0.760. The molecule has 14 heavy (non-hydrogen) atoms. The molecule has 0 bridgehead atoms. The first-order valence-electron chi connectivity index (χ1n) is 4.96. The first-order chi connectivity index (χ1) is 6.65. The molecular formula is C11H17ClN2. The number of aryl methyl sites for hydroxylation is 1. The van der Waals surface area contributed by atoms with Gasteiger partial charge < -0.3 is 5.32 Å². The Labute approximate surface area is 90.7 Å². The third-order valence-electron chi connectivity index (χ3n) is 2.34. The molecule has 0 saturated carbocycles. The maximum Gasteiger partial charge on any atom is 0.0532 e. The number of rotatable bonds is 4. The number of alkyl halides is 1. The van der Waals surface area contributed by atoms with Crippen molar-refractivity contribution in [3.63, 3.8) is 0 Å². The smallest absolute Gasteiger partial charge is 0.0532 e. The van der Waals surface area contributed by atoms with Crippen LogP contribution < -0.4 is 5.32 Å². The first kappa shape index (κ1) is 11.3. The van der Waals surface area contributed by atoms with Crippen LogP contribution in [0.4, 0.5) is 5.69 Å². The zero-order valence-corrected chi connectivity index (χ0v) is 9.67. The van der Waals surface area contributed by atoms with Gasteiger partial charge in [0.25, 0.3) is 0 Å². The van der Waals surface area contributed by atoms with Crippen LogP contribution in [-0.2, 0) is 0 Å². The van der Waals surface area contributed by atoms with Gasteiger partial charge in [-0.2, -0.15) is 0 Å². The average molecular weight is 213 g/mol. The molecule has 0 aliphatic heterocycles. The van der Waals surface area contributed by atoms with Crippen molar-refractivity contribution < 1.29 is 0 Å². The van der Waals surface area contributed by atoms with Gasteiger partial charge in [0.2, 0.25) is 0 Å². The van der Waals surface area contributed by atoms with E-state index in [4.69, 9.17) is 11.6 Å². The largest absolute Gasteiger partial charge is 0.381 e. The van der Waals surface area contributed by atoms with E-state index in [1.807, 2.05) is 19.2 Å². The Morgan fingerprint density at radius 3 is 2.86 bits per heavy atom. The van der Waals surface area contributed by atoms with Crippen LogP contribution in [0.25, 0.3) is 0 Å². The first-order valence-corrected chi connectivity index (χ1v) is 5.40. The number of nitrogens with zero attached hydrogens (tertiary/aromatic N) is 1. The molecule has 0 radical (unpaired) electrons. The second kappa shape index (κ2) is 5.20. The minimum Gasteiger partial charge on any atom is -0.381 e.